The van der Waals surface area contributed by atoms with Crippen molar-refractivity contribution in [2.45, 2.75) is 13.0 Å². The molecule has 5 heteroatoms. The summed E-state index contributed by atoms with van der Waals surface area (Å²) in [6, 6.07) is 15.3. The van der Waals surface area contributed by atoms with Crippen LogP contribution in [-0.4, -0.2) is 30.9 Å². The normalized spacial score (nSPS) is 10.8. The van der Waals surface area contributed by atoms with Gasteiger partial charge in [0.05, 0.1) is 6.54 Å². The van der Waals surface area contributed by atoms with Gasteiger partial charge in [-0.15, -0.1) is 0 Å². The molecule has 23 heavy (non-hydrogen) atoms. The van der Waals surface area contributed by atoms with Crippen LogP contribution < -0.4 is 5.32 Å². The summed E-state index contributed by atoms with van der Waals surface area (Å²) in [5, 5.41) is 4.36. The smallest absolute Gasteiger partial charge is 0.234 e. The second-order valence-corrected chi connectivity index (χ2v) is 6.40. The molecule has 0 aliphatic rings. The van der Waals surface area contributed by atoms with E-state index in [0.29, 0.717) is 24.7 Å². The molecule has 122 valence electrons. The molecule has 0 fully saturated rings. The Bertz CT molecular complexity index is 661. The Kier molecular flexibility index (Phi) is 6.90. The minimum atomic E-state index is 0.0107. The van der Waals surface area contributed by atoms with Gasteiger partial charge in [0.25, 0.3) is 0 Å². The van der Waals surface area contributed by atoms with Crippen molar-refractivity contribution in [2.24, 2.45) is 0 Å². The fraction of sp³-hybridized carbons (Fsp3) is 0.278. The van der Waals surface area contributed by atoms with E-state index in [1.165, 1.54) is 0 Å². The van der Waals surface area contributed by atoms with Crippen LogP contribution in [0.5, 0.6) is 0 Å². The van der Waals surface area contributed by atoms with E-state index in [9.17, 15) is 4.79 Å². The quantitative estimate of drug-likeness (QED) is 0.823. The second-order valence-electron chi connectivity index (χ2n) is 5.53. The molecule has 0 radical (unpaired) electrons. The zero-order valence-corrected chi connectivity index (χ0v) is 14.6. The molecule has 0 aromatic heterocycles. The van der Waals surface area contributed by atoms with Crippen LogP contribution in [0.2, 0.25) is 10.0 Å². The average molecular weight is 351 g/mol. The number of amides is 1. The molecule has 1 amide bonds. The summed E-state index contributed by atoms with van der Waals surface area (Å²) in [5.41, 5.74) is 2.21. The van der Waals surface area contributed by atoms with Crippen molar-refractivity contribution in [3.05, 3.63) is 69.7 Å². The van der Waals surface area contributed by atoms with Gasteiger partial charge in [-0.05, 0) is 48.9 Å². The first-order valence-electron chi connectivity index (χ1n) is 7.47. The van der Waals surface area contributed by atoms with Gasteiger partial charge in [-0.1, -0.05) is 47.5 Å². The fourth-order valence-corrected chi connectivity index (χ4v) is 2.77. The first-order valence-corrected chi connectivity index (χ1v) is 8.22. The molecule has 2 rings (SSSR count). The van der Waals surface area contributed by atoms with E-state index in [1.54, 1.807) is 0 Å². The molecule has 2 aromatic rings. The standard InChI is InChI=1S/C18H20Cl2N2O/c1-22(12-15-5-3-7-17(20)11-15)13-18(23)21-9-8-14-4-2-6-16(19)10-14/h2-7,10-11H,8-9,12-13H2,1H3,(H,21,23). The molecule has 0 saturated carbocycles. The lowest BCUT2D eigenvalue weighted by atomic mass is 10.1. The number of hydrogen-bond acceptors (Lipinski definition) is 2. The zero-order chi connectivity index (χ0) is 16.7. The first-order chi connectivity index (χ1) is 11.0. The molecular weight excluding hydrogens is 331 g/mol. The Morgan fingerprint density at radius 3 is 2.30 bits per heavy atom. The molecule has 0 heterocycles. The van der Waals surface area contributed by atoms with Gasteiger partial charge in [0.1, 0.15) is 0 Å². The number of carbonyl (C=O) groups excluding carboxylic acids is 1. The van der Waals surface area contributed by atoms with Crippen LogP contribution in [0, 0.1) is 0 Å². The van der Waals surface area contributed by atoms with Crippen LogP contribution in [0.15, 0.2) is 48.5 Å². The van der Waals surface area contributed by atoms with E-state index in [2.05, 4.69) is 5.32 Å². The largest absolute Gasteiger partial charge is 0.355 e. The molecule has 3 nitrogen and oxygen atoms in total. The van der Waals surface area contributed by atoms with E-state index in [-0.39, 0.29) is 5.91 Å². The summed E-state index contributed by atoms with van der Waals surface area (Å²) in [5.74, 6) is 0.0107. The van der Waals surface area contributed by atoms with Crippen molar-refractivity contribution in [1.29, 1.82) is 0 Å². The number of halogens is 2. The molecule has 1 N–H and O–H groups in total. The number of likely N-dealkylation sites (N-methyl/N-ethyl adjacent to an activating group) is 1. The third-order valence-corrected chi connectivity index (χ3v) is 3.85. The van der Waals surface area contributed by atoms with Crippen LogP contribution in [0.3, 0.4) is 0 Å². The maximum atomic E-state index is 12.0. The van der Waals surface area contributed by atoms with Crippen LogP contribution in [-0.2, 0) is 17.8 Å². The van der Waals surface area contributed by atoms with Crippen molar-refractivity contribution in [1.82, 2.24) is 10.2 Å². The first kappa shape index (κ1) is 17.8. The summed E-state index contributed by atoms with van der Waals surface area (Å²) in [4.78, 5) is 13.9. The van der Waals surface area contributed by atoms with Gasteiger partial charge in [0, 0.05) is 23.1 Å². The molecule has 0 saturated heterocycles. The van der Waals surface area contributed by atoms with Crippen molar-refractivity contribution in [3.63, 3.8) is 0 Å². The molecular formula is C18H20Cl2N2O. The highest BCUT2D eigenvalue weighted by Crippen LogP contribution is 2.12. The number of hydrogen-bond donors (Lipinski definition) is 1. The molecule has 0 unspecified atom stereocenters. The number of nitrogens with one attached hydrogen (secondary N) is 1. The summed E-state index contributed by atoms with van der Waals surface area (Å²) in [6.07, 6.45) is 0.768. The Labute approximate surface area is 147 Å². The third kappa shape index (κ3) is 6.61. The summed E-state index contributed by atoms with van der Waals surface area (Å²) < 4.78 is 0. The SMILES string of the molecule is CN(CC(=O)NCCc1cccc(Cl)c1)Cc1cccc(Cl)c1. The maximum absolute atomic E-state index is 12.0. The second kappa shape index (κ2) is 8.92. The molecule has 0 aliphatic carbocycles. The number of carbonyl (C=O) groups is 1. The predicted octanol–water partition coefficient (Wildman–Crippen LogP) is 3.78. The molecule has 0 atom stereocenters. The van der Waals surface area contributed by atoms with Crippen molar-refractivity contribution in [3.8, 4) is 0 Å². The van der Waals surface area contributed by atoms with Gasteiger partial charge < -0.3 is 5.32 Å². The van der Waals surface area contributed by atoms with Gasteiger partial charge in [0.2, 0.25) is 5.91 Å². The van der Waals surface area contributed by atoms with Gasteiger partial charge in [-0.25, -0.2) is 0 Å². The number of rotatable bonds is 7. The minimum absolute atomic E-state index is 0.0107. The lowest BCUT2D eigenvalue weighted by molar-refractivity contribution is -0.122. The van der Waals surface area contributed by atoms with Gasteiger partial charge in [0.15, 0.2) is 0 Å². The van der Waals surface area contributed by atoms with Gasteiger partial charge in [-0.2, -0.15) is 0 Å². The molecule has 0 bridgehead atoms. The van der Waals surface area contributed by atoms with Gasteiger partial charge in [-0.3, -0.25) is 9.69 Å². The van der Waals surface area contributed by atoms with Crippen molar-refractivity contribution in [2.75, 3.05) is 20.1 Å². The third-order valence-electron chi connectivity index (χ3n) is 3.38. The highest BCUT2D eigenvalue weighted by molar-refractivity contribution is 6.30. The number of nitrogens with zero attached hydrogens (tertiary/aromatic N) is 1. The van der Waals surface area contributed by atoms with Crippen LogP contribution >= 0.6 is 23.2 Å². The van der Waals surface area contributed by atoms with E-state index in [1.807, 2.05) is 60.5 Å². The van der Waals surface area contributed by atoms with E-state index < -0.39 is 0 Å². The van der Waals surface area contributed by atoms with Gasteiger partial charge >= 0.3 is 0 Å². The predicted molar refractivity (Wildman–Crippen MR) is 96.0 cm³/mol. The lowest BCUT2D eigenvalue weighted by Crippen LogP contribution is -2.35. The average Bonchev–Trinajstić information content (AvgIpc) is 2.47. The Hall–Kier alpha value is -1.55. The van der Waals surface area contributed by atoms with E-state index >= 15 is 0 Å². The van der Waals surface area contributed by atoms with Crippen molar-refractivity contribution >= 4 is 29.1 Å². The van der Waals surface area contributed by atoms with E-state index in [0.717, 1.165) is 22.6 Å². The highest BCUT2D eigenvalue weighted by atomic mass is 35.5. The van der Waals surface area contributed by atoms with Crippen LogP contribution in [0.4, 0.5) is 0 Å². The fourth-order valence-electron chi connectivity index (χ4n) is 2.34. The molecule has 0 spiro atoms. The number of benzene rings is 2. The summed E-state index contributed by atoms with van der Waals surface area (Å²) in [6.45, 7) is 1.63. The van der Waals surface area contributed by atoms with Crippen LogP contribution in [0.25, 0.3) is 0 Å². The summed E-state index contributed by atoms with van der Waals surface area (Å²) in [7, 11) is 1.91. The molecule has 0 aliphatic heterocycles. The Morgan fingerprint density at radius 1 is 1.04 bits per heavy atom. The topological polar surface area (TPSA) is 32.3 Å². The Balaban J connectivity index is 1.71. The summed E-state index contributed by atoms with van der Waals surface area (Å²) >= 11 is 11.9. The minimum Gasteiger partial charge on any atom is -0.355 e. The lowest BCUT2D eigenvalue weighted by Gasteiger charge is -2.16. The van der Waals surface area contributed by atoms with Crippen LogP contribution in [0.1, 0.15) is 11.1 Å². The maximum Gasteiger partial charge on any atom is 0.234 e. The van der Waals surface area contributed by atoms with E-state index in [4.69, 9.17) is 23.2 Å². The van der Waals surface area contributed by atoms with Crippen molar-refractivity contribution < 1.29 is 4.79 Å². The monoisotopic (exact) mass is 350 g/mol. The highest BCUT2D eigenvalue weighted by Gasteiger charge is 2.07. The molecule has 2 aromatic carbocycles. The zero-order valence-electron chi connectivity index (χ0n) is 13.1. The Morgan fingerprint density at radius 2 is 1.65 bits per heavy atom.